The molecule has 120 valence electrons. The Morgan fingerprint density at radius 1 is 1.25 bits per heavy atom. The molecular formula is C20H19N3O. The van der Waals surface area contributed by atoms with E-state index in [-0.39, 0.29) is 5.41 Å². The van der Waals surface area contributed by atoms with Crippen LogP contribution in [0.5, 0.6) is 0 Å². The molecule has 3 heterocycles. The predicted octanol–water partition coefficient (Wildman–Crippen LogP) is 4.61. The van der Waals surface area contributed by atoms with Crippen molar-refractivity contribution in [3.05, 3.63) is 60.1 Å². The Kier molecular flexibility index (Phi) is 2.64. The van der Waals surface area contributed by atoms with Crippen molar-refractivity contribution in [1.29, 1.82) is 0 Å². The maximum absolute atomic E-state index is 6.23. The average molecular weight is 317 g/mol. The van der Waals surface area contributed by atoms with Gasteiger partial charge in [0.2, 0.25) is 0 Å². The molecular weight excluding hydrogens is 298 g/mol. The molecule has 4 heteroatoms. The maximum atomic E-state index is 6.23. The van der Waals surface area contributed by atoms with Gasteiger partial charge in [-0.3, -0.25) is 4.98 Å². The molecule has 1 aliphatic carbocycles. The lowest BCUT2D eigenvalue weighted by Gasteiger charge is -2.27. The van der Waals surface area contributed by atoms with Crippen LogP contribution >= 0.6 is 0 Å². The van der Waals surface area contributed by atoms with E-state index in [4.69, 9.17) is 10.2 Å². The number of anilines is 1. The van der Waals surface area contributed by atoms with Crippen molar-refractivity contribution in [1.82, 2.24) is 9.97 Å². The molecule has 5 rings (SSSR count). The van der Waals surface area contributed by atoms with Gasteiger partial charge >= 0.3 is 0 Å². The average Bonchev–Trinajstić information content (AvgIpc) is 3.20. The molecule has 0 spiro atoms. The molecule has 0 amide bonds. The van der Waals surface area contributed by atoms with E-state index in [1.54, 1.807) is 0 Å². The number of benzene rings is 1. The summed E-state index contributed by atoms with van der Waals surface area (Å²) in [6.45, 7) is 2.29. The van der Waals surface area contributed by atoms with Crippen LogP contribution in [0.4, 0.5) is 5.69 Å². The molecule has 4 aromatic rings. The SMILES string of the molecule is CC(c1cc2ncccc2o1)(c1c[nH]c2c(N)cccc12)C1CC1. The van der Waals surface area contributed by atoms with Gasteiger partial charge in [-0.25, -0.2) is 0 Å². The number of pyridine rings is 1. The topological polar surface area (TPSA) is 67.8 Å². The first kappa shape index (κ1) is 13.7. The number of hydrogen-bond acceptors (Lipinski definition) is 3. The highest BCUT2D eigenvalue weighted by molar-refractivity contribution is 5.93. The van der Waals surface area contributed by atoms with E-state index in [1.807, 2.05) is 30.5 Å². The van der Waals surface area contributed by atoms with Gasteiger partial charge in [0, 0.05) is 23.8 Å². The van der Waals surface area contributed by atoms with Crippen molar-refractivity contribution in [3.63, 3.8) is 0 Å². The molecule has 24 heavy (non-hydrogen) atoms. The predicted molar refractivity (Wildman–Crippen MR) is 95.9 cm³/mol. The lowest BCUT2D eigenvalue weighted by molar-refractivity contribution is 0.390. The van der Waals surface area contributed by atoms with E-state index in [2.05, 4.69) is 35.2 Å². The number of nitrogens with one attached hydrogen (secondary N) is 1. The van der Waals surface area contributed by atoms with Gasteiger partial charge in [-0.1, -0.05) is 12.1 Å². The zero-order chi connectivity index (χ0) is 16.3. The summed E-state index contributed by atoms with van der Waals surface area (Å²) >= 11 is 0. The van der Waals surface area contributed by atoms with Crippen LogP contribution in [0.25, 0.3) is 22.0 Å². The quantitative estimate of drug-likeness (QED) is 0.542. The second-order valence-corrected chi connectivity index (χ2v) is 6.95. The van der Waals surface area contributed by atoms with Crippen LogP contribution in [0.1, 0.15) is 31.1 Å². The Hall–Kier alpha value is -2.75. The lowest BCUT2D eigenvalue weighted by Crippen LogP contribution is -2.25. The van der Waals surface area contributed by atoms with E-state index in [0.717, 1.165) is 28.1 Å². The number of furan rings is 1. The number of aromatic nitrogens is 2. The molecule has 1 saturated carbocycles. The Morgan fingerprint density at radius 2 is 2.12 bits per heavy atom. The van der Waals surface area contributed by atoms with Gasteiger partial charge in [-0.15, -0.1) is 0 Å². The van der Waals surface area contributed by atoms with E-state index in [0.29, 0.717) is 5.92 Å². The van der Waals surface area contributed by atoms with Gasteiger partial charge < -0.3 is 15.1 Å². The van der Waals surface area contributed by atoms with Gasteiger partial charge in [0.25, 0.3) is 0 Å². The molecule has 0 radical (unpaired) electrons. The first-order valence-corrected chi connectivity index (χ1v) is 8.39. The van der Waals surface area contributed by atoms with Crippen LogP contribution in [0.2, 0.25) is 0 Å². The minimum Gasteiger partial charge on any atom is -0.458 e. The minimum absolute atomic E-state index is 0.174. The number of rotatable bonds is 3. The number of hydrogen-bond donors (Lipinski definition) is 2. The highest BCUT2D eigenvalue weighted by Gasteiger charge is 2.47. The largest absolute Gasteiger partial charge is 0.458 e. The normalized spacial score (nSPS) is 17.4. The third-order valence-corrected chi connectivity index (χ3v) is 5.50. The number of fused-ring (bicyclic) bond motifs is 2. The van der Waals surface area contributed by atoms with Crippen molar-refractivity contribution in [2.75, 3.05) is 5.73 Å². The molecule has 1 aliphatic rings. The molecule has 1 unspecified atom stereocenters. The third-order valence-electron chi connectivity index (χ3n) is 5.50. The number of H-pyrrole nitrogens is 1. The molecule has 0 bridgehead atoms. The van der Waals surface area contributed by atoms with Crippen LogP contribution in [0.3, 0.4) is 0 Å². The van der Waals surface area contributed by atoms with Crippen LogP contribution in [-0.4, -0.2) is 9.97 Å². The van der Waals surface area contributed by atoms with Crippen LogP contribution in [0, 0.1) is 5.92 Å². The number of para-hydroxylation sites is 1. The molecule has 3 N–H and O–H groups in total. The standard InChI is InChI=1S/C20H19N3O/c1-20(12-7-8-12,18-10-16-17(24-18)6-3-9-22-16)14-11-23-19-13(14)4-2-5-15(19)21/h2-6,9-12,23H,7-8,21H2,1H3. The lowest BCUT2D eigenvalue weighted by atomic mass is 9.75. The first-order valence-electron chi connectivity index (χ1n) is 8.39. The van der Waals surface area contributed by atoms with E-state index in [1.165, 1.54) is 23.8 Å². The number of nitrogens with two attached hydrogens (primary N) is 1. The molecule has 1 atom stereocenters. The molecule has 1 fully saturated rings. The summed E-state index contributed by atoms with van der Waals surface area (Å²) in [6, 6.07) is 12.1. The Labute approximate surface area is 139 Å². The number of nitrogens with zero attached hydrogens (tertiary/aromatic N) is 1. The Morgan fingerprint density at radius 3 is 2.92 bits per heavy atom. The fraction of sp³-hybridized carbons (Fsp3) is 0.250. The van der Waals surface area contributed by atoms with E-state index >= 15 is 0 Å². The summed E-state index contributed by atoms with van der Waals surface area (Å²) in [5.41, 5.74) is 10.8. The maximum Gasteiger partial charge on any atom is 0.152 e. The fourth-order valence-corrected chi connectivity index (χ4v) is 3.95. The van der Waals surface area contributed by atoms with Crippen molar-refractivity contribution >= 4 is 27.7 Å². The van der Waals surface area contributed by atoms with Gasteiger partial charge in [0.1, 0.15) is 11.3 Å². The van der Waals surface area contributed by atoms with E-state index in [9.17, 15) is 0 Å². The summed E-state index contributed by atoms with van der Waals surface area (Å²) in [4.78, 5) is 7.80. The van der Waals surface area contributed by atoms with Gasteiger partial charge in [0.15, 0.2) is 5.58 Å². The summed E-state index contributed by atoms with van der Waals surface area (Å²) in [5, 5.41) is 1.18. The Bertz CT molecular complexity index is 1020. The zero-order valence-electron chi connectivity index (χ0n) is 13.5. The Balaban J connectivity index is 1.77. The van der Waals surface area contributed by atoms with Gasteiger partial charge in [0.05, 0.1) is 16.6 Å². The van der Waals surface area contributed by atoms with Crippen molar-refractivity contribution in [2.45, 2.75) is 25.2 Å². The first-order chi connectivity index (χ1) is 11.7. The summed E-state index contributed by atoms with van der Waals surface area (Å²) in [5.74, 6) is 1.57. The second-order valence-electron chi connectivity index (χ2n) is 6.95. The van der Waals surface area contributed by atoms with Crippen LogP contribution in [0.15, 0.2) is 53.2 Å². The fourth-order valence-electron chi connectivity index (χ4n) is 3.95. The molecule has 4 nitrogen and oxygen atoms in total. The van der Waals surface area contributed by atoms with Crippen molar-refractivity contribution in [2.24, 2.45) is 5.92 Å². The number of aromatic amines is 1. The summed E-state index contributed by atoms with van der Waals surface area (Å²) in [7, 11) is 0. The molecule has 3 aromatic heterocycles. The third kappa shape index (κ3) is 1.77. The molecule has 0 saturated heterocycles. The van der Waals surface area contributed by atoms with Crippen molar-refractivity contribution < 1.29 is 4.42 Å². The number of nitrogen functional groups attached to an aromatic ring is 1. The summed E-state index contributed by atoms with van der Waals surface area (Å²) in [6.07, 6.45) is 6.34. The second kappa shape index (κ2) is 4.63. The van der Waals surface area contributed by atoms with Crippen molar-refractivity contribution in [3.8, 4) is 0 Å². The smallest absolute Gasteiger partial charge is 0.152 e. The highest BCUT2D eigenvalue weighted by Crippen LogP contribution is 2.53. The van der Waals surface area contributed by atoms with Crippen LogP contribution in [-0.2, 0) is 5.41 Å². The highest BCUT2D eigenvalue weighted by atomic mass is 16.3. The molecule has 0 aliphatic heterocycles. The zero-order valence-corrected chi connectivity index (χ0v) is 13.5. The monoisotopic (exact) mass is 317 g/mol. The van der Waals surface area contributed by atoms with E-state index < -0.39 is 0 Å². The van der Waals surface area contributed by atoms with Gasteiger partial charge in [-0.05, 0) is 49.4 Å². The van der Waals surface area contributed by atoms with Gasteiger partial charge in [-0.2, -0.15) is 0 Å². The minimum atomic E-state index is -0.174. The summed E-state index contributed by atoms with van der Waals surface area (Å²) < 4.78 is 6.23. The molecule has 1 aromatic carbocycles. The van der Waals surface area contributed by atoms with Crippen LogP contribution < -0.4 is 5.73 Å².